The van der Waals surface area contributed by atoms with Gasteiger partial charge in [0.2, 0.25) is 5.91 Å². The van der Waals surface area contributed by atoms with Crippen molar-refractivity contribution in [1.29, 1.82) is 0 Å². The summed E-state index contributed by atoms with van der Waals surface area (Å²) in [5, 5.41) is 3.13. The number of piperidine rings is 1. The second-order valence-corrected chi connectivity index (χ2v) is 8.39. The van der Waals surface area contributed by atoms with E-state index in [1.54, 1.807) is 7.11 Å². The minimum atomic E-state index is -0.120. The van der Waals surface area contributed by atoms with Gasteiger partial charge >= 0.3 is 0 Å². The maximum Gasteiger partial charge on any atom is 0.257 e. The number of amides is 1. The number of carbonyl (C=O) groups is 1. The Hall–Kier alpha value is -2.67. The SMILES string of the molecule is CCc1cc(Br)ccc1NC(=O)[C@H]1CCCN(c2nc3ccccc3nc2OC)C1. The largest absolute Gasteiger partial charge is 0.478 e. The maximum atomic E-state index is 13.0. The predicted molar refractivity (Wildman–Crippen MR) is 123 cm³/mol. The molecule has 0 bridgehead atoms. The van der Waals surface area contributed by atoms with Gasteiger partial charge in [0.1, 0.15) is 0 Å². The van der Waals surface area contributed by atoms with Crippen LogP contribution in [0.4, 0.5) is 11.5 Å². The van der Waals surface area contributed by atoms with E-state index >= 15 is 0 Å². The molecule has 0 aliphatic carbocycles. The van der Waals surface area contributed by atoms with Gasteiger partial charge in [-0.3, -0.25) is 4.79 Å². The molecule has 0 saturated carbocycles. The van der Waals surface area contributed by atoms with Crippen LogP contribution in [0.15, 0.2) is 46.9 Å². The summed E-state index contributed by atoms with van der Waals surface area (Å²) in [6, 6.07) is 13.7. The molecule has 1 aromatic heterocycles. The summed E-state index contributed by atoms with van der Waals surface area (Å²) < 4.78 is 6.54. The molecular weight excluding hydrogens is 444 g/mol. The number of hydrogen-bond acceptors (Lipinski definition) is 5. The second kappa shape index (κ2) is 9.00. The Labute approximate surface area is 184 Å². The number of para-hydroxylation sites is 2. The van der Waals surface area contributed by atoms with Gasteiger partial charge in [-0.15, -0.1) is 0 Å². The van der Waals surface area contributed by atoms with E-state index < -0.39 is 0 Å². The van der Waals surface area contributed by atoms with Gasteiger partial charge in [0.25, 0.3) is 5.88 Å². The number of anilines is 2. The number of halogens is 1. The average Bonchev–Trinajstić information content (AvgIpc) is 2.79. The lowest BCUT2D eigenvalue weighted by Gasteiger charge is -2.33. The highest BCUT2D eigenvalue weighted by Gasteiger charge is 2.29. The molecule has 4 rings (SSSR count). The number of benzene rings is 2. The van der Waals surface area contributed by atoms with Crippen LogP contribution in [-0.2, 0) is 11.2 Å². The third-order valence-corrected chi connectivity index (χ3v) is 6.01. The molecule has 156 valence electrons. The highest BCUT2D eigenvalue weighted by Crippen LogP contribution is 2.31. The molecule has 1 saturated heterocycles. The first-order valence-electron chi connectivity index (χ1n) is 10.2. The lowest BCUT2D eigenvalue weighted by Crippen LogP contribution is -2.41. The van der Waals surface area contributed by atoms with Gasteiger partial charge in [0.15, 0.2) is 5.82 Å². The highest BCUT2D eigenvalue weighted by atomic mass is 79.9. The number of ether oxygens (including phenoxy) is 1. The van der Waals surface area contributed by atoms with Gasteiger partial charge in [-0.2, -0.15) is 0 Å². The molecule has 1 aliphatic rings. The van der Waals surface area contributed by atoms with Crippen LogP contribution >= 0.6 is 15.9 Å². The lowest BCUT2D eigenvalue weighted by atomic mass is 9.96. The first-order chi connectivity index (χ1) is 14.6. The molecular formula is C23H25BrN4O2. The Balaban J connectivity index is 1.55. The number of fused-ring (bicyclic) bond motifs is 1. The zero-order valence-electron chi connectivity index (χ0n) is 17.2. The van der Waals surface area contributed by atoms with Gasteiger partial charge in [-0.25, -0.2) is 9.97 Å². The van der Waals surface area contributed by atoms with Gasteiger partial charge in [0, 0.05) is 23.2 Å². The Morgan fingerprint density at radius 2 is 2.00 bits per heavy atom. The fourth-order valence-corrected chi connectivity index (χ4v) is 4.32. The Morgan fingerprint density at radius 3 is 2.73 bits per heavy atom. The summed E-state index contributed by atoms with van der Waals surface area (Å²) in [7, 11) is 1.61. The minimum Gasteiger partial charge on any atom is -0.478 e. The van der Waals surface area contributed by atoms with Gasteiger partial charge in [0.05, 0.1) is 24.1 Å². The van der Waals surface area contributed by atoms with Crippen LogP contribution in [0.25, 0.3) is 11.0 Å². The molecule has 7 heteroatoms. The molecule has 6 nitrogen and oxygen atoms in total. The Bertz CT molecular complexity index is 1070. The topological polar surface area (TPSA) is 67.4 Å². The van der Waals surface area contributed by atoms with E-state index in [4.69, 9.17) is 9.72 Å². The van der Waals surface area contributed by atoms with Crippen LogP contribution in [-0.4, -0.2) is 36.1 Å². The summed E-state index contributed by atoms with van der Waals surface area (Å²) in [6.45, 7) is 3.50. The molecule has 1 atom stereocenters. The Kier molecular flexibility index (Phi) is 6.18. The third-order valence-electron chi connectivity index (χ3n) is 5.51. The van der Waals surface area contributed by atoms with E-state index in [2.05, 4.69) is 44.1 Å². The van der Waals surface area contributed by atoms with Crippen molar-refractivity contribution in [3.05, 3.63) is 52.5 Å². The van der Waals surface area contributed by atoms with Gasteiger partial charge in [-0.05, 0) is 55.2 Å². The highest BCUT2D eigenvalue weighted by molar-refractivity contribution is 9.10. The van der Waals surface area contributed by atoms with Crippen molar-refractivity contribution in [3.63, 3.8) is 0 Å². The predicted octanol–water partition coefficient (Wildman–Crippen LogP) is 4.82. The molecule has 0 unspecified atom stereocenters. The molecule has 0 spiro atoms. The third kappa shape index (κ3) is 4.26. The monoisotopic (exact) mass is 468 g/mol. The van der Waals surface area contributed by atoms with E-state index in [1.165, 1.54) is 0 Å². The van der Waals surface area contributed by atoms with Crippen LogP contribution in [0.3, 0.4) is 0 Å². The Morgan fingerprint density at radius 1 is 1.23 bits per heavy atom. The summed E-state index contributed by atoms with van der Waals surface area (Å²) in [6.07, 6.45) is 2.62. The number of methoxy groups -OCH3 is 1. The summed E-state index contributed by atoms with van der Waals surface area (Å²) in [5.74, 6) is 1.12. The van der Waals surface area contributed by atoms with Crippen molar-refractivity contribution in [2.75, 3.05) is 30.4 Å². The van der Waals surface area contributed by atoms with Crippen molar-refractivity contribution in [2.45, 2.75) is 26.2 Å². The molecule has 1 fully saturated rings. The summed E-state index contributed by atoms with van der Waals surface area (Å²) in [5.41, 5.74) is 3.62. The van der Waals surface area contributed by atoms with E-state index in [0.29, 0.717) is 18.2 Å². The number of rotatable bonds is 5. The maximum absolute atomic E-state index is 13.0. The number of hydrogen-bond donors (Lipinski definition) is 1. The van der Waals surface area contributed by atoms with Gasteiger partial charge in [-0.1, -0.05) is 35.0 Å². The van der Waals surface area contributed by atoms with E-state index in [0.717, 1.165) is 52.6 Å². The molecule has 1 aliphatic heterocycles. The van der Waals surface area contributed by atoms with Crippen molar-refractivity contribution in [2.24, 2.45) is 5.92 Å². The molecule has 3 aromatic rings. The summed E-state index contributed by atoms with van der Waals surface area (Å²) in [4.78, 5) is 24.6. The minimum absolute atomic E-state index is 0.0458. The van der Waals surface area contributed by atoms with Crippen molar-refractivity contribution < 1.29 is 9.53 Å². The number of nitrogens with zero attached hydrogens (tertiary/aromatic N) is 3. The molecule has 2 heterocycles. The number of nitrogens with one attached hydrogen (secondary N) is 1. The first kappa shape index (κ1) is 20.6. The zero-order chi connectivity index (χ0) is 21.1. The molecule has 1 N–H and O–H groups in total. The molecule has 30 heavy (non-hydrogen) atoms. The fraction of sp³-hybridized carbons (Fsp3) is 0.348. The van der Waals surface area contributed by atoms with Crippen LogP contribution in [0.5, 0.6) is 5.88 Å². The van der Waals surface area contributed by atoms with E-state index in [9.17, 15) is 4.79 Å². The quantitative estimate of drug-likeness (QED) is 0.581. The van der Waals surface area contributed by atoms with Crippen LogP contribution in [0.2, 0.25) is 0 Å². The average molecular weight is 469 g/mol. The van der Waals surface area contributed by atoms with E-state index in [-0.39, 0.29) is 11.8 Å². The second-order valence-electron chi connectivity index (χ2n) is 7.47. The number of carbonyl (C=O) groups excluding carboxylic acids is 1. The van der Waals surface area contributed by atoms with Crippen LogP contribution in [0, 0.1) is 5.92 Å². The standard InChI is InChI=1S/C23H25BrN4O2/c1-3-15-13-17(24)10-11-18(15)26-22(29)16-7-6-12-28(14-16)21-23(30-2)27-20-9-5-4-8-19(20)25-21/h4-5,8-11,13,16H,3,6-7,12,14H2,1-2H3,(H,26,29)/t16-/m0/s1. The fourth-order valence-electron chi connectivity index (χ4n) is 3.91. The first-order valence-corrected chi connectivity index (χ1v) is 11.0. The van der Waals surface area contributed by atoms with Crippen LogP contribution < -0.4 is 15.0 Å². The number of aryl methyl sites for hydroxylation is 1. The van der Waals surface area contributed by atoms with Crippen molar-refractivity contribution in [1.82, 2.24) is 9.97 Å². The molecule has 1 amide bonds. The van der Waals surface area contributed by atoms with E-state index in [1.807, 2.05) is 36.4 Å². The number of aromatic nitrogens is 2. The van der Waals surface area contributed by atoms with Crippen LogP contribution in [0.1, 0.15) is 25.3 Å². The molecule has 0 radical (unpaired) electrons. The zero-order valence-corrected chi connectivity index (χ0v) is 18.8. The normalized spacial score (nSPS) is 16.5. The van der Waals surface area contributed by atoms with Gasteiger partial charge < -0.3 is 15.0 Å². The van der Waals surface area contributed by atoms with Crippen molar-refractivity contribution >= 4 is 44.4 Å². The smallest absolute Gasteiger partial charge is 0.257 e. The van der Waals surface area contributed by atoms with Crippen molar-refractivity contribution in [3.8, 4) is 5.88 Å². The molecule has 2 aromatic carbocycles. The summed E-state index contributed by atoms with van der Waals surface area (Å²) >= 11 is 3.50. The lowest BCUT2D eigenvalue weighted by molar-refractivity contribution is -0.120.